The van der Waals surface area contributed by atoms with Crippen molar-refractivity contribution < 1.29 is 14.3 Å². The monoisotopic (exact) mass is 446 g/mol. The topological polar surface area (TPSA) is 50.8 Å². The highest BCUT2D eigenvalue weighted by Crippen LogP contribution is 2.47. The first kappa shape index (κ1) is 22.0. The van der Waals surface area contributed by atoms with Crippen LogP contribution in [0.4, 0.5) is 0 Å². The van der Waals surface area contributed by atoms with Gasteiger partial charge in [0, 0.05) is 31.5 Å². The number of hydrogen-bond donors (Lipinski definition) is 1. The summed E-state index contributed by atoms with van der Waals surface area (Å²) in [7, 11) is 0. The second-order valence-corrected chi connectivity index (χ2v) is 9.41. The Bertz CT molecular complexity index is 1030. The van der Waals surface area contributed by atoms with E-state index in [1.54, 1.807) is 0 Å². The van der Waals surface area contributed by atoms with Crippen molar-refractivity contribution in [2.75, 3.05) is 32.8 Å². The number of hydrogen-bond acceptors (Lipinski definition) is 4. The summed E-state index contributed by atoms with van der Waals surface area (Å²) in [5, 5.41) is 3.45. The maximum absolute atomic E-state index is 12.8. The van der Waals surface area contributed by atoms with Crippen LogP contribution in [0.15, 0.2) is 48.5 Å². The fourth-order valence-corrected chi connectivity index (χ4v) is 4.87. The molecule has 0 aromatic heterocycles. The Balaban J connectivity index is 1.53. The summed E-state index contributed by atoms with van der Waals surface area (Å²) in [5.41, 5.74) is 3.69. The molecule has 0 atom stereocenters. The molecule has 0 unspecified atom stereocenters. The van der Waals surface area contributed by atoms with Gasteiger partial charge in [-0.15, -0.1) is 0 Å². The van der Waals surface area contributed by atoms with Crippen LogP contribution in [0.2, 0.25) is 0 Å². The van der Waals surface area contributed by atoms with Gasteiger partial charge in [0.15, 0.2) is 0 Å². The number of piperidine rings is 1. The predicted molar refractivity (Wildman–Crippen MR) is 131 cm³/mol. The highest BCUT2D eigenvalue weighted by Gasteiger charge is 2.38. The van der Waals surface area contributed by atoms with Crippen molar-refractivity contribution in [1.29, 1.82) is 0 Å². The maximum atomic E-state index is 12.8. The summed E-state index contributed by atoms with van der Waals surface area (Å²) in [4.78, 5) is 14.7. The lowest BCUT2D eigenvalue weighted by atomic mass is 9.83. The van der Waals surface area contributed by atoms with Gasteiger partial charge < -0.3 is 19.7 Å². The van der Waals surface area contributed by atoms with Gasteiger partial charge in [-0.25, -0.2) is 0 Å². The number of rotatable bonds is 7. The van der Waals surface area contributed by atoms with E-state index in [0.717, 1.165) is 66.3 Å². The molecule has 1 spiro atoms. The Labute approximate surface area is 196 Å². The smallest absolute Gasteiger partial charge is 0.253 e. The van der Waals surface area contributed by atoms with Gasteiger partial charge in [0.2, 0.25) is 0 Å². The van der Waals surface area contributed by atoms with Crippen LogP contribution >= 0.6 is 0 Å². The minimum Gasteiger partial charge on any atom is -0.493 e. The van der Waals surface area contributed by atoms with Crippen LogP contribution in [0.1, 0.15) is 61.0 Å². The molecule has 1 N–H and O–H groups in total. The Kier molecular flexibility index (Phi) is 6.15. The number of carbonyl (C=O) groups is 1. The number of carbonyl (C=O) groups excluding carboxylic acids is 1. The van der Waals surface area contributed by atoms with Crippen molar-refractivity contribution in [2.24, 2.45) is 5.92 Å². The zero-order chi connectivity index (χ0) is 22.8. The van der Waals surface area contributed by atoms with Crippen LogP contribution in [0.3, 0.4) is 0 Å². The second-order valence-electron chi connectivity index (χ2n) is 9.41. The average Bonchev–Trinajstić information content (AvgIpc) is 3.68. The largest absolute Gasteiger partial charge is 0.493 e. The van der Waals surface area contributed by atoms with E-state index in [1.165, 1.54) is 12.8 Å². The van der Waals surface area contributed by atoms with Crippen molar-refractivity contribution in [3.05, 3.63) is 65.2 Å². The standard InChI is InChI=1S/C28H34N2O3/c1-3-30(4-2)27(31)22-12-10-21(11-13-22)23-18-28(14-16-29-17-15-28)33-25-7-5-6-24(26(23)25)32-19-20-8-9-20/h5-7,10-13,18,20,29H,3-4,8-9,14-17,19H2,1-2H3. The summed E-state index contributed by atoms with van der Waals surface area (Å²) in [5.74, 6) is 2.54. The number of amides is 1. The van der Waals surface area contributed by atoms with Crippen LogP contribution in [0, 0.1) is 5.92 Å². The van der Waals surface area contributed by atoms with Crippen LogP contribution in [0.25, 0.3) is 5.57 Å². The van der Waals surface area contributed by atoms with Gasteiger partial charge >= 0.3 is 0 Å². The van der Waals surface area contributed by atoms with E-state index in [9.17, 15) is 4.79 Å². The number of fused-ring (bicyclic) bond motifs is 1. The van der Waals surface area contributed by atoms with Gasteiger partial charge in [0.05, 0.1) is 12.2 Å². The van der Waals surface area contributed by atoms with Crippen molar-refractivity contribution in [3.63, 3.8) is 0 Å². The molecule has 1 aliphatic carbocycles. The van der Waals surface area contributed by atoms with Crippen LogP contribution in [-0.4, -0.2) is 49.2 Å². The normalized spacial score (nSPS) is 18.8. The van der Waals surface area contributed by atoms with Gasteiger partial charge in [0.1, 0.15) is 17.1 Å². The molecule has 5 heteroatoms. The van der Waals surface area contributed by atoms with Crippen molar-refractivity contribution in [3.8, 4) is 11.5 Å². The van der Waals surface area contributed by atoms with E-state index in [-0.39, 0.29) is 11.5 Å². The Morgan fingerprint density at radius 3 is 2.48 bits per heavy atom. The van der Waals surface area contributed by atoms with E-state index in [2.05, 4.69) is 35.7 Å². The summed E-state index contributed by atoms with van der Waals surface area (Å²) in [6, 6.07) is 14.2. The molecule has 2 aliphatic heterocycles. The number of benzene rings is 2. The zero-order valence-corrected chi connectivity index (χ0v) is 19.7. The summed E-state index contributed by atoms with van der Waals surface area (Å²) >= 11 is 0. The Hall–Kier alpha value is -2.79. The third-order valence-electron chi connectivity index (χ3n) is 7.09. The number of ether oxygens (including phenoxy) is 2. The quantitative estimate of drug-likeness (QED) is 0.657. The van der Waals surface area contributed by atoms with Gasteiger partial charge in [-0.1, -0.05) is 18.2 Å². The van der Waals surface area contributed by atoms with Gasteiger partial charge in [-0.2, -0.15) is 0 Å². The average molecular weight is 447 g/mol. The first-order valence-electron chi connectivity index (χ1n) is 12.4. The van der Waals surface area contributed by atoms with Gasteiger partial charge in [-0.05, 0) is 87.2 Å². The molecule has 174 valence electrons. The molecule has 2 aromatic rings. The highest BCUT2D eigenvalue weighted by atomic mass is 16.5. The summed E-state index contributed by atoms with van der Waals surface area (Å²) in [6.45, 7) is 8.09. The first-order valence-corrected chi connectivity index (χ1v) is 12.4. The molecule has 0 bridgehead atoms. The molecular formula is C28H34N2O3. The first-order chi connectivity index (χ1) is 16.1. The third kappa shape index (κ3) is 4.51. The molecule has 3 aliphatic rings. The lowest BCUT2D eigenvalue weighted by molar-refractivity contribution is 0.0772. The van der Waals surface area contributed by atoms with Crippen LogP contribution in [-0.2, 0) is 0 Å². The summed E-state index contributed by atoms with van der Waals surface area (Å²) < 4.78 is 12.9. The third-order valence-corrected chi connectivity index (χ3v) is 7.09. The lowest BCUT2D eigenvalue weighted by Gasteiger charge is -2.40. The molecule has 0 radical (unpaired) electrons. The zero-order valence-electron chi connectivity index (χ0n) is 19.7. The second kappa shape index (κ2) is 9.22. The van der Waals surface area contributed by atoms with Crippen molar-refractivity contribution >= 4 is 11.5 Å². The molecule has 1 amide bonds. The molecule has 2 aromatic carbocycles. The predicted octanol–water partition coefficient (Wildman–Crippen LogP) is 4.90. The minimum atomic E-state index is -0.307. The SMILES string of the molecule is CCN(CC)C(=O)c1ccc(C2=CC3(CCNCC3)Oc3cccc(OCC4CC4)c32)cc1. The van der Waals surface area contributed by atoms with E-state index in [4.69, 9.17) is 9.47 Å². The highest BCUT2D eigenvalue weighted by molar-refractivity contribution is 5.95. The molecule has 1 saturated heterocycles. The minimum absolute atomic E-state index is 0.0798. The van der Waals surface area contributed by atoms with Gasteiger partial charge in [-0.3, -0.25) is 4.79 Å². The fraction of sp³-hybridized carbons (Fsp3) is 0.464. The molecule has 1 saturated carbocycles. The summed E-state index contributed by atoms with van der Waals surface area (Å²) in [6.07, 6.45) is 6.68. The van der Waals surface area contributed by atoms with E-state index < -0.39 is 0 Å². The number of nitrogens with zero attached hydrogens (tertiary/aromatic N) is 1. The molecule has 2 heterocycles. The molecule has 2 fully saturated rings. The molecular weight excluding hydrogens is 412 g/mol. The molecule has 5 rings (SSSR count). The fourth-order valence-electron chi connectivity index (χ4n) is 4.87. The van der Waals surface area contributed by atoms with Crippen LogP contribution in [0.5, 0.6) is 11.5 Å². The van der Waals surface area contributed by atoms with E-state index >= 15 is 0 Å². The van der Waals surface area contributed by atoms with Gasteiger partial charge in [0.25, 0.3) is 5.91 Å². The van der Waals surface area contributed by atoms with Crippen molar-refractivity contribution in [2.45, 2.75) is 45.1 Å². The molecule has 33 heavy (non-hydrogen) atoms. The lowest BCUT2D eigenvalue weighted by Crippen LogP contribution is -2.46. The number of nitrogens with one attached hydrogen (secondary N) is 1. The Morgan fingerprint density at radius 2 is 1.82 bits per heavy atom. The van der Waals surface area contributed by atoms with Crippen molar-refractivity contribution in [1.82, 2.24) is 10.2 Å². The van der Waals surface area contributed by atoms with Crippen LogP contribution < -0.4 is 14.8 Å². The maximum Gasteiger partial charge on any atom is 0.253 e. The Morgan fingerprint density at radius 1 is 1.09 bits per heavy atom. The molecule has 5 nitrogen and oxygen atoms in total. The van der Waals surface area contributed by atoms with E-state index in [0.29, 0.717) is 19.0 Å². The van der Waals surface area contributed by atoms with E-state index in [1.807, 2.05) is 36.9 Å².